The first-order chi connectivity index (χ1) is 19.7. The summed E-state index contributed by atoms with van der Waals surface area (Å²) in [5, 5.41) is 18.5. The molecule has 41 heavy (non-hydrogen) atoms. The Balaban J connectivity index is 1.20. The number of hydrogen-bond donors (Lipinski definition) is 2. The van der Waals surface area contributed by atoms with E-state index in [4.69, 9.17) is 32.7 Å². The standard InChI is InChI=1S/C29H24BCl2F2N3O4/c1-28(18-10-19(31)12-20(32)11-18)13-24(36-41-28)26-7-5-21(25-3-2-8-37(25)26)27(38)35-14-17-4-6-22-23(9-17)30(39)40-29(22,15-33)16-34/h2-12,39H,13-16H2,1H3,(H,35,38). The van der Waals surface area contributed by atoms with Gasteiger partial charge in [-0.05, 0) is 66.0 Å². The third kappa shape index (κ3) is 4.78. The van der Waals surface area contributed by atoms with E-state index in [0.717, 1.165) is 11.3 Å². The Hall–Kier alpha value is -3.44. The number of alkyl halides is 2. The number of oxime groups is 1. The minimum absolute atomic E-state index is 0.132. The maximum Gasteiger partial charge on any atom is 0.492 e. The van der Waals surface area contributed by atoms with E-state index in [1.165, 1.54) is 6.07 Å². The third-order valence-corrected chi connectivity index (χ3v) is 8.10. The predicted octanol–water partition coefficient (Wildman–Crippen LogP) is 5.07. The second-order valence-corrected chi connectivity index (χ2v) is 11.3. The molecule has 0 radical (unpaired) electrons. The van der Waals surface area contributed by atoms with Gasteiger partial charge in [-0.1, -0.05) is 46.6 Å². The zero-order valence-electron chi connectivity index (χ0n) is 21.8. The Morgan fingerprint density at radius 2 is 1.88 bits per heavy atom. The van der Waals surface area contributed by atoms with E-state index in [0.29, 0.717) is 38.8 Å². The summed E-state index contributed by atoms with van der Waals surface area (Å²) in [4.78, 5) is 19.1. The van der Waals surface area contributed by atoms with E-state index >= 15 is 0 Å². The lowest BCUT2D eigenvalue weighted by molar-refractivity contribution is -0.00737. The quantitative estimate of drug-likeness (QED) is 0.291. The van der Waals surface area contributed by atoms with E-state index < -0.39 is 31.7 Å². The molecule has 2 N–H and O–H groups in total. The molecule has 0 saturated carbocycles. The zero-order valence-corrected chi connectivity index (χ0v) is 23.3. The molecule has 1 atom stereocenters. The number of carbonyl (C=O) groups excluding carboxylic acids is 1. The Labute approximate surface area is 244 Å². The molecule has 12 heteroatoms. The van der Waals surface area contributed by atoms with Gasteiger partial charge in [-0.25, -0.2) is 8.78 Å². The number of halogens is 4. The van der Waals surface area contributed by atoms with E-state index in [1.807, 2.05) is 35.7 Å². The van der Waals surface area contributed by atoms with Gasteiger partial charge >= 0.3 is 7.12 Å². The highest BCUT2D eigenvalue weighted by Gasteiger charge is 2.47. The Morgan fingerprint density at radius 3 is 2.61 bits per heavy atom. The zero-order chi connectivity index (χ0) is 28.9. The lowest BCUT2D eigenvalue weighted by Crippen LogP contribution is -2.33. The number of nitrogens with one attached hydrogen (secondary N) is 1. The van der Waals surface area contributed by atoms with Crippen molar-refractivity contribution in [3.05, 3.63) is 105 Å². The molecule has 6 rings (SSSR count). The lowest BCUT2D eigenvalue weighted by atomic mass is 9.77. The molecule has 2 aromatic carbocycles. The van der Waals surface area contributed by atoms with Gasteiger partial charge in [0, 0.05) is 34.8 Å². The molecule has 210 valence electrons. The van der Waals surface area contributed by atoms with Crippen LogP contribution in [0.4, 0.5) is 8.78 Å². The highest BCUT2D eigenvalue weighted by molar-refractivity contribution is 6.62. The number of pyridine rings is 1. The number of hydrogen-bond acceptors (Lipinski definition) is 5. The van der Waals surface area contributed by atoms with Gasteiger partial charge in [-0.15, -0.1) is 0 Å². The summed E-state index contributed by atoms with van der Waals surface area (Å²) in [5.41, 5.74) is 2.04. The number of rotatable bonds is 7. The molecule has 0 aliphatic carbocycles. The van der Waals surface area contributed by atoms with Gasteiger partial charge in [0.25, 0.3) is 5.91 Å². The van der Waals surface area contributed by atoms with Crippen LogP contribution in [-0.2, 0) is 27.2 Å². The van der Waals surface area contributed by atoms with Crippen LogP contribution in [0.1, 0.15) is 46.1 Å². The number of amides is 1. The van der Waals surface area contributed by atoms with Gasteiger partial charge in [-0.3, -0.25) is 4.79 Å². The largest absolute Gasteiger partial charge is 0.492 e. The average molecular weight is 598 g/mol. The summed E-state index contributed by atoms with van der Waals surface area (Å²) in [5.74, 6) is -0.317. The van der Waals surface area contributed by atoms with Gasteiger partial charge < -0.3 is 24.2 Å². The van der Waals surface area contributed by atoms with Crippen molar-refractivity contribution in [2.75, 3.05) is 13.3 Å². The maximum absolute atomic E-state index is 13.6. The SMILES string of the molecule is CC1(c2cc(Cl)cc(Cl)c2)CC(c2ccc(C(=O)NCc3ccc4c(c3)B(O)OC4(CF)CF)c3cccn23)=NO1. The van der Waals surface area contributed by atoms with Crippen molar-refractivity contribution < 1.29 is 28.1 Å². The number of aromatic nitrogens is 1. The van der Waals surface area contributed by atoms with Crippen LogP contribution in [0.25, 0.3) is 5.52 Å². The molecule has 4 aromatic rings. The molecule has 0 spiro atoms. The lowest BCUT2D eigenvalue weighted by Gasteiger charge is -2.23. The number of fused-ring (bicyclic) bond motifs is 2. The maximum atomic E-state index is 13.6. The fourth-order valence-electron chi connectivity index (χ4n) is 5.46. The minimum atomic E-state index is -1.80. The first kappa shape index (κ1) is 27.7. The Morgan fingerprint density at radius 1 is 1.12 bits per heavy atom. The summed E-state index contributed by atoms with van der Waals surface area (Å²) >= 11 is 12.4. The van der Waals surface area contributed by atoms with Crippen molar-refractivity contribution in [2.45, 2.75) is 31.1 Å². The molecule has 1 unspecified atom stereocenters. The molecule has 7 nitrogen and oxygen atoms in total. The molecule has 4 heterocycles. The topological polar surface area (TPSA) is 84.6 Å². The molecule has 0 bridgehead atoms. The van der Waals surface area contributed by atoms with E-state index in [9.17, 15) is 18.6 Å². The molecule has 2 aliphatic heterocycles. The van der Waals surface area contributed by atoms with Crippen molar-refractivity contribution in [2.24, 2.45) is 5.16 Å². The summed E-state index contributed by atoms with van der Waals surface area (Å²) in [6.07, 6.45) is 2.31. The van der Waals surface area contributed by atoms with Crippen LogP contribution in [-0.4, -0.2) is 41.5 Å². The summed E-state index contributed by atoms with van der Waals surface area (Å²) in [6, 6.07) is 17.3. The number of carbonyl (C=O) groups is 1. The minimum Gasteiger partial charge on any atom is -0.423 e. The fraction of sp³-hybridized carbons (Fsp3) is 0.241. The molecule has 1 amide bonds. The smallest absolute Gasteiger partial charge is 0.423 e. The summed E-state index contributed by atoms with van der Waals surface area (Å²) in [6.45, 7) is -0.147. The first-order valence-electron chi connectivity index (χ1n) is 12.9. The van der Waals surface area contributed by atoms with Gasteiger partial charge in [0.05, 0.1) is 16.8 Å². The van der Waals surface area contributed by atoms with Crippen LogP contribution < -0.4 is 10.8 Å². The van der Waals surface area contributed by atoms with Crippen LogP contribution >= 0.6 is 23.2 Å². The average Bonchev–Trinajstić information content (AvgIpc) is 3.68. The second-order valence-electron chi connectivity index (χ2n) is 10.4. The summed E-state index contributed by atoms with van der Waals surface area (Å²) in [7, 11) is -1.44. The monoisotopic (exact) mass is 597 g/mol. The van der Waals surface area contributed by atoms with Gasteiger partial charge in [0.2, 0.25) is 0 Å². The van der Waals surface area contributed by atoms with E-state index in [-0.39, 0.29) is 23.5 Å². The normalized spacial score (nSPS) is 19.3. The number of benzene rings is 2. The Kier molecular flexibility index (Phi) is 7.06. The number of nitrogens with zero attached hydrogens (tertiary/aromatic N) is 2. The molecule has 0 fully saturated rings. The van der Waals surface area contributed by atoms with Gasteiger partial charge in [-0.2, -0.15) is 0 Å². The van der Waals surface area contributed by atoms with Crippen molar-refractivity contribution in [3.8, 4) is 0 Å². The van der Waals surface area contributed by atoms with Crippen LogP contribution in [0, 0.1) is 0 Å². The molecule has 2 aromatic heterocycles. The molecular weight excluding hydrogens is 574 g/mol. The second kappa shape index (κ2) is 10.4. The first-order valence-corrected chi connectivity index (χ1v) is 13.6. The van der Waals surface area contributed by atoms with Crippen molar-refractivity contribution in [1.29, 1.82) is 0 Å². The highest BCUT2D eigenvalue weighted by atomic mass is 35.5. The summed E-state index contributed by atoms with van der Waals surface area (Å²) < 4.78 is 34.2. The molecular formula is C29H24BCl2F2N3O4. The molecule has 2 aliphatic rings. The van der Waals surface area contributed by atoms with Crippen molar-refractivity contribution >= 4 is 52.9 Å². The van der Waals surface area contributed by atoms with E-state index in [1.54, 1.807) is 36.4 Å². The van der Waals surface area contributed by atoms with Crippen LogP contribution in [0.2, 0.25) is 10.0 Å². The predicted molar refractivity (Wildman–Crippen MR) is 153 cm³/mol. The fourth-order valence-corrected chi connectivity index (χ4v) is 5.99. The van der Waals surface area contributed by atoms with Crippen LogP contribution in [0.3, 0.4) is 0 Å². The third-order valence-electron chi connectivity index (χ3n) is 7.66. The van der Waals surface area contributed by atoms with E-state index in [2.05, 4.69) is 10.5 Å². The Bertz CT molecular complexity index is 1690. The van der Waals surface area contributed by atoms with Crippen LogP contribution in [0.15, 0.2) is 72.0 Å². The van der Waals surface area contributed by atoms with Crippen molar-refractivity contribution in [1.82, 2.24) is 9.72 Å². The highest BCUT2D eigenvalue weighted by Crippen LogP contribution is 2.38. The van der Waals surface area contributed by atoms with Crippen molar-refractivity contribution in [3.63, 3.8) is 0 Å². The molecule has 0 saturated heterocycles. The van der Waals surface area contributed by atoms with Gasteiger partial charge in [0.15, 0.2) is 5.60 Å². The van der Waals surface area contributed by atoms with Gasteiger partial charge in [0.1, 0.15) is 24.7 Å². The van der Waals surface area contributed by atoms with Crippen LogP contribution in [0.5, 0.6) is 0 Å².